The molecule has 2 rings (SSSR count). The van der Waals surface area contributed by atoms with Crippen LogP contribution in [0.2, 0.25) is 0 Å². The zero-order valence-electron chi connectivity index (χ0n) is 12.4. The smallest absolute Gasteiger partial charge is 0.123 e. The molecule has 1 aliphatic rings. The number of likely N-dealkylation sites (tertiary alicyclic amines) is 1. The van der Waals surface area contributed by atoms with Gasteiger partial charge in [0.2, 0.25) is 0 Å². The molecule has 1 aliphatic heterocycles. The highest BCUT2D eigenvalue weighted by Gasteiger charge is 2.28. The van der Waals surface area contributed by atoms with Crippen molar-refractivity contribution >= 4 is 0 Å². The molecule has 3 unspecified atom stereocenters. The highest BCUT2D eigenvalue weighted by Crippen LogP contribution is 2.31. The number of benzene rings is 1. The third-order valence-electron chi connectivity index (χ3n) is 4.39. The summed E-state index contributed by atoms with van der Waals surface area (Å²) in [6.07, 6.45) is 1.30. The van der Waals surface area contributed by atoms with E-state index in [1.54, 1.807) is 13.2 Å². The molecule has 0 aromatic heterocycles. The van der Waals surface area contributed by atoms with Crippen LogP contribution in [-0.4, -0.2) is 29.7 Å². The number of aromatic hydroxyl groups is 1. The largest absolute Gasteiger partial charge is 0.507 e. The van der Waals surface area contributed by atoms with E-state index in [4.69, 9.17) is 4.74 Å². The zero-order valence-corrected chi connectivity index (χ0v) is 12.4. The Bertz CT molecular complexity index is 433. The van der Waals surface area contributed by atoms with Crippen LogP contribution in [0.1, 0.15) is 32.8 Å². The van der Waals surface area contributed by atoms with Crippen LogP contribution in [0.5, 0.6) is 11.5 Å². The fraction of sp³-hybridized carbons (Fsp3) is 0.625. The third kappa shape index (κ3) is 3.21. The standard InChI is InChI=1S/C16H25NO2/c1-11-7-12(2)13(3)17(9-11)10-14-5-6-15(19-4)8-16(14)18/h5-6,8,11-13,18H,7,9-10H2,1-4H3. The molecule has 0 saturated carbocycles. The van der Waals surface area contributed by atoms with Crippen molar-refractivity contribution in [3.63, 3.8) is 0 Å². The Morgan fingerprint density at radius 2 is 2.05 bits per heavy atom. The molecule has 1 fully saturated rings. The summed E-state index contributed by atoms with van der Waals surface area (Å²) in [4.78, 5) is 2.47. The lowest BCUT2D eigenvalue weighted by Gasteiger charge is -2.41. The lowest BCUT2D eigenvalue weighted by molar-refractivity contribution is 0.0722. The Morgan fingerprint density at radius 1 is 1.32 bits per heavy atom. The normalized spacial score (nSPS) is 28.3. The first-order valence-corrected chi connectivity index (χ1v) is 7.11. The first-order chi connectivity index (χ1) is 9.01. The van der Waals surface area contributed by atoms with E-state index in [1.165, 1.54) is 6.42 Å². The van der Waals surface area contributed by atoms with E-state index in [0.29, 0.717) is 23.5 Å². The van der Waals surface area contributed by atoms with Crippen molar-refractivity contribution in [2.75, 3.05) is 13.7 Å². The van der Waals surface area contributed by atoms with Gasteiger partial charge in [-0.2, -0.15) is 0 Å². The van der Waals surface area contributed by atoms with Crippen LogP contribution in [0.4, 0.5) is 0 Å². The van der Waals surface area contributed by atoms with Gasteiger partial charge in [0.25, 0.3) is 0 Å². The number of rotatable bonds is 3. The van der Waals surface area contributed by atoms with Gasteiger partial charge in [0, 0.05) is 30.8 Å². The molecule has 1 N–H and O–H groups in total. The van der Waals surface area contributed by atoms with Crippen LogP contribution in [0.25, 0.3) is 0 Å². The number of phenols is 1. The van der Waals surface area contributed by atoms with Crippen molar-refractivity contribution in [2.45, 2.75) is 39.8 Å². The average molecular weight is 263 g/mol. The maximum absolute atomic E-state index is 10.1. The fourth-order valence-corrected chi connectivity index (χ4v) is 3.06. The van der Waals surface area contributed by atoms with Gasteiger partial charge in [0.05, 0.1) is 7.11 Å². The molecular formula is C16H25NO2. The van der Waals surface area contributed by atoms with Crippen molar-refractivity contribution in [3.8, 4) is 11.5 Å². The average Bonchev–Trinajstić information content (AvgIpc) is 2.37. The van der Waals surface area contributed by atoms with Crippen molar-refractivity contribution < 1.29 is 9.84 Å². The quantitative estimate of drug-likeness (QED) is 0.908. The first kappa shape index (κ1) is 14.2. The van der Waals surface area contributed by atoms with Gasteiger partial charge in [-0.1, -0.05) is 19.9 Å². The Kier molecular flexibility index (Phi) is 4.35. The van der Waals surface area contributed by atoms with Crippen LogP contribution >= 0.6 is 0 Å². The minimum absolute atomic E-state index is 0.331. The molecule has 3 nitrogen and oxygen atoms in total. The second-order valence-corrected chi connectivity index (χ2v) is 5.98. The predicted octanol–water partition coefficient (Wildman–Crippen LogP) is 3.27. The highest BCUT2D eigenvalue weighted by atomic mass is 16.5. The summed E-state index contributed by atoms with van der Waals surface area (Å²) in [6.45, 7) is 8.84. The number of methoxy groups -OCH3 is 1. The van der Waals surface area contributed by atoms with Crippen molar-refractivity contribution in [2.24, 2.45) is 11.8 Å². The molecule has 106 valence electrons. The molecular weight excluding hydrogens is 238 g/mol. The van der Waals surface area contributed by atoms with Crippen molar-refractivity contribution in [3.05, 3.63) is 23.8 Å². The third-order valence-corrected chi connectivity index (χ3v) is 4.39. The van der Waals surface area contributed by atoms with Crippen LogP contribution < -0.4 is 4.74 Å². The van der Waals surface area contributed by atoms with Crippen LogP contribution in [0, 0.1) is 11.8 Å². The van der Waals surface area contributed by atoms with Crippen LogP contribution in [-0.2, 0) is 6.54 Å². The van der Waals surface area contributed by atoms with Crippen molar-refractivity contribution in [1.82, 2.24) is 4.90 Å². The van der Waals surface area contributed by atoms with E-state index >= 15 is 0 Å². The molecule has 19 heavy (non-hydrogen) atoms. The van der Waals surface area contributed by atoms with Crippen LogP contribution in [0.3, 0.4) is 0 Å². The second kappa shape index (κ2) is 5.83. The summed E-state index contributed by atoms with van der Waals surface area (Å²) in [7, 11) is 1.62. The fourth-order valence-electron chi connectivity index (χ4n) is 3.06. The zero-order chi connectivity index (χ0) is 14.0. The maximum Gasteiger partial charge on any atom is 0.123 e. The predicted molar refractivity (Wildman–Crippen MR) is 77.5 cm³/mol. The highest BCUT2D eigenvalue weighted by molar-refractivity contribution is 5.39. The Balaban J connectivity index is 2.11. The molecule has 1 aromatic rings. The number of piperidine rings is 1. The van der Waals surface area contributed by atoms with Gasteiger partial charge in [-0.3, -0.25) is 4.90 Å². The van der Waals surface area contributed by atoms with Gasteiger partial charge < -0.3 is 9.84 Å². The molecule has 0 amide bonds. The van der Waals surface area contributed by atoms with Crippen molar-refractivity contribution in [1.29, 1.82) is 0 Å². The first-order valence-electron chi connectivity index (χ1n) is 7.11. The van der Waals surface area contributed by atoms with E-state index in [9.17, 15) is 5.11 Å². The SMILES string of the molecule is COc1ccc(CN2CC(C)CC(C)C2C)c(O)c1. The van der Waals surface area contributed by atoms with E-state index in [-0.39, 0.29) is 0 Å². The van der Waals surface area contributed by atoms with Crippen LogP contribution in [0.15, 0.2) is 18.2 Å². The molecule has 0 aliphatic carbocycles. The molecule has 0 radical (unpaired) electrons. The molecule has 0 bridgehead atoms. The van der Waals surface area contributed by atoms with Gasteiger partial charge in [0.15, 0.2) is 0 Å². The summed E-state index contributed by atoms with van der Waals surface area (Å²) in [5.74, 6) is 2.47. The number of ether oxygens (including phenoxy) is 1. The monoisotopic (exact) mass is 263 g/mol. The Morgan fingerprint density at radius 3 is 2.68 bits per heavy atom. The number of nitrogens with zero attached hydrogens (tertiary/aromatic N) is 1. The molecule has 0 spiro atoms. The summed E-state index contributed by atoms with van der Waals surface area (Å²) < 4.78 is 5.12. The minimum Gasteiger partial charge on any atom is -0.507 e. The summed E-state index contributed by atoms with van der Waals surface area (Å²) >= 11 is 0. The number of phenolic OH excluding ortho intramolecular Hbond substituents is 1. The van der Waals surface area contributed by atoms with E-state index in [0.717, 1.165) is 24.6 Å². The summed E-state index contributed by atoms with van der Waals surface area (Å²) in [6, 6.07) is 6.13. The Labute approximate surface area is 116 Å². The van der Waals surface area contributed by atoms with E-state index in [2.05, 4.69) is 25.7 Å². The van der Waals surface area contributed by atoms with Gasteiger partial charge in [-0.25, -0.2) is 0 Å². The Hall–Kier alpha value is -1.22. The maximum atomic E-state index is 10.1. The summed E-state index contributed by atoms with van der Waals surface area (Å²) in [5, 5.41) is 10.1. The molecule has 3 heteroatoms. The van der Waals surface area contributed by atoms with Gasteiger partial charge in [-0.05, 0) is 31.2 Å². The summed E-state index contributed by atoms with van der Waals surface area (Å²) in [5.41, 5.74) is 0.981. The second-order valence-electron chi connectivity index (χ2n) is 5.98. The minimum atomic E-state index is 0.331. The van der Waals surface area contributed by atoms with Gasteiger partial charge in [0.1, 0.15) is 11.5 Å². The lowest BCUT2D eigenvalue weighted by Crippen LogP contribution is -2.45. The van der Waals surface area contributed by atoms with Gasteiger partial charge in [-0.15, -0.1) is 0 Å². The molecule has 1 saturated heterocycles. The molecule has 3 atom stereocenters. The number of hydrogen-bond donors (Lipinski definition) is 1. The topological polar surface area (TPSA) is 32.7 Å². The molecule has 1 heterocycles. The lowest BCUT2D eigenvalue weighted by atomic mass is 9.86. The van der Waals surface area contributed by atoms with Gasteiger partial charge >= 0.3 is 0 Å². The van der Waals surface area contributed by atoms with E-state index < -0.39 is 0 Å². The van der Waals surface area contributed by atoms with E-state index in [1.807, 2.05) is 12.1 Å². The molecule has 1 aromatic carbocycles. The number of hydrogen-bond acceptors (Lipinski definition) is 3.